The van der Waals surface area contributed by atoms with Crippen molar-refractivity contribution in [1.82, 2.24) is 0 Å². The standard InChI is InChI=1S/C24H16O3S/c25-28(26)22-14-6-13-21-23(22)20-12-5-11-19(24(20)27-21)18-10-4-9-17(15-18)16-7-2-1-3-8-16/h1-15H,(H,25,26). The Bertz CT molecular complexity index is 1340. The number of fused-ring (bicyclic) bond motifs is 3. The maximum absolute atomic E-state index is 11.8. The molecule has 0 spiro atoms. The Hall–Kier alpha value is -3.21. The average Bonchev–Trinajstić information content (AvgIpc) is 3.13. The Kier molecular flexibility index (Phi) is 4.08. The third-order valence-corrected chi connectivity index (χ3v) is 5.67. The van der Waals surface area contributed by atoms with E-state index in [0.717, 1.165) is 33.2 Å². The first kappa shape index (κ1) is 16.9. The fourth-order valence-corrected chi connectivity index (χ4v) is 4.27. The number of hydrogen-bond donors (Lipinski definition) is 1. The summed E-state index contributed by atoms with van der Waals surface area (Å²) in [6.45, 7) is 0. The van der Waals surface area contributed by atoms with Crippen LogP contribution in [0.2, 0.25) is 0 Å². The molecule has 0 aliphatic rings. The van der Waals surface area contributed by atoms with Crippen molar-refractivity contribution in [3.05, 3.63) is 91.0 Å². The van der Waals surface area contributed by atoms with E-state index >= 15 is 0 Å². The van der Waals surface area contributed by atoms with Crippen LogP contribution in [0.15, 0.2) is 100 Å². The van der Waals surface area contributed by atoms with Crippen molar-refractivity contribution in [2.24, 2.45) is 0 Å². The van der Waals surface area contributed by atoms with Gasteiger partial charge in [0.25, 0.3) is 0 Å². The fraction of sp³-hybridized carbons (Fsp3) is 0. The molecule has 1 unspecified atom stereocenters. The predicted octanol–water partition coefficient (Wildman–Crippen LogP) is 6.50. The number of benzene rings is 4. The van der Waals surface area contributed by atoms with Crippen molar-refractivity contribution in [2.45, 2.75) is 4.90 Å². The van der Waals surface area contributed by atoms with E-state index in [9.17, 15) is 8.76 Å². The highest BCUT2D eigenvalue weighted by atomic mass is 32.2. The van der Waals surface area contributed by atoms with Crippen molar-refractivity contribution in [3.63, 3.8) is 0 Å². The maximum Gasteiger partial charge on any atom is 0.187 e. The number of para-hydroxylation sites is 1. The molecule has 0 aliphatic carbocycles. The normalized spacial score (nSPS) is 12.5. The van der Waals surface area contributed by atoms with E-state index in [-0.39, 0.29) is 0 Å². The molecule has 136 valence electrons. The van der Waals surface area contributed by atoms with Gasteiger partial charge in [0.1, 0.15) is 11.2 Å². The Balaban J connectivity index is 1.76. The van der Waals surface area contributed by atoms with Gasteiger partial charge in [-0.05, 0) is 34.9 Å². The van der Waals surface area contributed by atoms with Gasteiger partial charge in [0.2, 0.25) is 0 Å². The van der Waals surface area contributed by atoms with E-state index in [1.165, 1.54) is 0 Å². The fourth-order valence-electron chi connectivity index (χ4n) is 3.69. The highest BCUT2D eigenvalue weighted by molar-refractivity contribution is 7.79. The summed E-state index contributed by atoms with van der Waals surface area (Å²) in [6, 6.07) is 29.7. The van der Waals surface area contributed by atoms with Crippen LogP contribution in [0.25, 0.3) is 44.2 Å². The Labute approximate surface area is 164 Å². The molecule has 1 aromatic heterocycles. The molecule has 1 atom stereocenters. The van der Waals surface area contributed by atoms with Crippen LogP contribution in [0.1, 0.15) is 0 Å². The molecule has 0 fully saturated rings. The molecule has 3 nitrogen and oxygen atoms in total. The summed E-state index contributed by atoms with van der Waals surface area (Å²) in [4.78, 5) is 0.367. The van der Waals surface area contributed by atoms with Gasteiger partial charge < -0.3 is 8.97 Å². The van der Waals surface area contributed by atoms with E-state index in [0.29, 0.717) is 15.9 Å². The van der Waals surface area contributed by atoms with Crippen molar-refractivity contribution >= 4 is 33.0 Å². The minimum atomic E-state index is -2.08. The van der Waals surface area contributed by atoms with E-state index in [2.05, 4.69) is 30.3 Å². The van der Waals surface area contributed by atoms with Gasteiger partial charge in [-0.25, -0.2) is 4.21 Å². The molecular weight excluding hydrogens is 368 g/mol. The quantitative estimate of drug-likeness (QED) is 0.361. The monoisotopic (exact) mass is 384 g/mol. The second-order valence-electron chi connectivity index (χ2n) is 6.61. The molecule has 1 N–H and O–H groups in total. The molecule has 4 heteroatoms. The maximum atomic E-state index is 11.8. The van der Waals surface area contributed by atoms with Crippen LogP contribution in [-0.4, -0.2) is 8.76 Å². The van der Waals surface area contributed by atoms with Gasteiger partial charge in [-0.2, -0.15) is 0 Å². The van der Waals surface area contributed by atoms with Gasteiger partial charge in [-0.3, -0.25) is 0 Å². The molecule has 0 saturated carbocycles. The SMILES string of the molecule is O=S(O)c1cccc2oc3c(-c4cccc(-c5ccccc5)c4)cccc3c12. The summed E-state index contributed by atoms with van der Waals surface area (Å²) in [5.74, 6) is 0. The van der Waals surface area contributed by atoms with Gasteiger partial charge in [0.05, 0.1) is 4.90 Å². The second-order valence-corrected chi connectivity index (χ2v) is 7.55. The topological polar surface area (TPSA) is 50.4 Å². The van der Waals surface area contributed by atoms with Crippen molar-refractivity contribution in [3.8, 4) is 22.3 Å². The highest BCUT2D eigenvalue weighted by Gasteiger charge is 2.17. The largest absolute Gasteiger partial charge is 0.455 e. The molecule has 1 heterocycles. The van der Waals surface area contributed by atoms with E-state index in [1.54, 1.807) is 12.1 Å². The summed E-state index contributed by atoms with van der Waals surface area (Å²) >= 11 is -2.08. The van der Waals surface area contributed by atoms with Crippen LogP contribution in [-0.2, 0) is 11.1 Å². The first-order valence-electron chi connectivity index (χ1n) is 8.93. The molecule has 0 bridgehead atoms. The lowest BCUT2D eigenvalue weighted by molar-refractivity contribution is 0.565. The molecule has 0 saturated heterocycles. The minimum Gasteiger partial charge on any atom is -0.455 e. The highest BCUT2D eigenvalue weighted by Crippen LogP contribution is 2.38. The molecule has 0 amide bonds. The van der Waals surface area contributed by atoms with Crippen LogP contribution in [0.3, 0.4) is 0 Å². The number of hydrogen-bond acceptors (Lipinski definition) is 2. The Morgan fingerprint density at radius 2 is 1.43 bits per heavy atom. The smallest absolute Gasteiger partial charge is 0.187 e. The van der Waals surface area contributed by atoms with Crippen LogP contribution >= 0.6 is 0 Å². The minimum absolute atomic E-state index is 0.367. The lowest BCUT2D eigenvalue weighted by atomic mass is 9.98. The van der Waals surface area contributed by atoms with Crippen LogP contribution in [0.4, 0.5) is 0 Å². The average molecular weight is 384 g/mol. The summed E-state index contributed by atoms with van der Waals surface area (Å²) in [5.41, 5.74) is 5.61. The number of rotatable bonds is 3. The summed E-state index contributed by atoms with van der Waals surface area (Å²) in [7, 11) is 0. The Morgan fingerprint density at radius 1 is 0.714 bits per heavy atom. The lowest BCUT2D eigenvalue weighted by Crippen LogP contribution is -1.88. The van der Waals surface area contributed by atoms with Crippen LogP contribution in [0.5, 0.6) is 0 Å². The number of furan rings is 1. The summed E-state index contributed by atoms with van der Waals surface area (Å²) < 4.78 is 27.6. The zero-order valence-electron chi connectivity index (χ0n) is 14.8. The first-order chi connectivity index (χ1) is 13.7. The molecule has 4 aromatic carbocycles. The molecule has 28 heavy (non-hydrogen) atoms. The molecule has 0 radical (unpaired) electrons. The summed E-state index contributed by atoms with van der Waals surface area (Å²) in [5, 5.41) is 1.54. The van der Waals surface area contributed by atoms with E-state index in [4.69, 9.17) is 4.42 Å². The van der Waals surface area contributed by atoms with E-state index < -0.39 is 11.1 Å². The van der Waals surface area contributed by atoms with Gasteiger partial charge in [-0.15, -0.1) is 0 Å². The lowest BCUT2D eigenvalue weighted by Gasteiger charge is -2.07. The van der Waals surface area contributed by atoms with Crippen LogP contribution < -0.4 is 0 Å². The zero-order valence-corrected chi connectivity index (χ0v) is 15.6. The summed E-state index contributed by atoms with van der Waals surface area (Å²) in [6.07, 6.45) is 0. The Morgan fingerprint density at radius 3 is 2.25 bits per heavy atom. The van der Waals surface area contributed by atoms with Crippen molar-refractivity contribution in [2.75, 3.05) is 0 Å². The van der Waals surface area contributed by atoms with Gasteiger partial charge in [0, 0.05) is 16.3 Å². The third-order valence-electron chi connectivity index (χ3n) is 4.95. The van der Waals surface area contributed by atoms with Gasteiger partial charge in [0.15, 0.2) is 11.1 Å². The van der Waals surface area contributed by atoms with Crippen LogP contribution in [0, 0.1) is 0 Å². The second kappa shape index (κ2) is 6.75. The van der Waals surface area contributed by atoms with Gasteiger partial charge in [-0.1, -0.05) is 72.8 Å². The third kappa shape index (κ3) is 2.74. The van der Waals surface area contributed by atoms with Crippen molar-refractivity contribution in [1.29, 1.82) is 0 Å². The van der Waals surface area contributed by atoms with Crippen molar-refractivity contribution < 1.29 is 13.2 Å². The first-order valence-corrected chi connectivity index (χ1v) is 10.0. The molecular formula is C24H16O3S. The van der Waals surface area contributed by atoms with E-state index in [1.807, 2.05) is 48.5 Å². The molecule has 5 aromatic rings. The predicted molar refractivity (Wildman–Crippen MR) is 114 cm³/mol. The van der Waals surface area contributed by atoms with Gasteiger partial charge >= 0.3 is 0 Å². The molecule has 5 rings (SSSR count). The molecule has 0 aliphatic heterocycles. The zero-order chi connectivity index (χ0) is 19.1.